The lowest BCUT2D eigenvalue weighted by atomic mass is 10.2. The molecule has 98 valence electrons. The van der Waals surface area contributed by atoms with Crippen LogP contribution in [0.1, 0.15) is 5.56 Å². The molecule has 0 bridgehead atoms. The van der Waals surface area contributed by atoms with Gasteiger partial charge in [-0.25, -0.2) is 0 Å². The third-order valence-corrected chi connectivity index (χ3v) is 2.88. The number of para-hydroxylation sites is 1. The van der Waals surface area contributed by atoms with Gasteiger partial charge in [-0.3, -0.25) is 4.90 Å². The first-order valence-corrected chi connectivity index (χ1v) is 6.09. The zero-order chi connectivity index (χ0) is 12.6. The molecule has 0 saturated carbocycles. The molecule has 1 heterocycles. The summed E-state index contributed by atoms with van der Waals surface area (Å²) in [6.45, 7) is 5.03. The molecule has 1 aliphatic rings. The lowest BCUT2D eigenvalue weighted by Gasteiger charge is -2.26. The average Bonchev–Trinajstić information content (AvgIpc) is 2.42. The summed E-state index contributed by atoms with van der Waals surface area (Å²) in [6, 6.07) is 7.50. The van der Waals surface area contributed by atoms with E-state index in [0.29, 0.717) is 6.61 Å². The molecule has 1 aromatic rings. The molecule has 1 N–H and O–H groups in total. The highest BCUT2D eigenvalue weighted by atomic mass is 16.5. The van der Waals surface area contributed by atoms with Crippen LogP contribution in [0.4, 0.5) is 0 Å². The summed E-state index contributed by atoms with van der Waals surface area (Å²) in [4.78, 5) is 2.31. The van der Waals surface area contributed by atoms with Gasteiger partial charge in [0.15, 0.2) is 0 Å². The van der Waals surface area contributed by atoms with Gasteiger partial charge in [0.2, 0.25) is 0 Å². The Balaban J connectivity index is 1.82. The second-order valence-corrected chi connectivity index (χ2v) is 4.08. The summed E-state index contributed by atoms with van der Waals surface area (Å²) in [5.74, 6) is 0.739. The molecule has 2 rings (SSSR count). The number of oxime groups is 1. The molecule has 0 amide bonds. The molecule has 0 unspecified atom stereocenters. The van der Waals surface area contributed by atoms with E-state index in [9.17, 15) is 0 Å². The smallest absolute Gasteiger partial charge is 0.128 e. The van der Waals surface area contributed by atoms with Crippen LogP contribution in [0.3, 0.4) is 0 Å². The van der Waals surface area contributed by atoms with Gasteiger partial charge in [0.25, 0.3) is 0 Å². The van der Waals surface area contributed by atoms with Gasteiger partial charge in [0.1, 0.15) is 12.4 Å². The number of benzene rings is 1. The Morgan fingerprint density at radius 3 is 2.89 bits per heavy atom. The molecule has 5 nitrogen and oxygen atoms in total. The van der Waals surface area contributed by atoms with Crippen molar-refractivity contribution in [1.82, 2.24) is 4.90 Å². The van der Waals surface area contributed by atoms with Gasteiger partial charge in [0.05, 0.1) is 19.4 Å². The molecule has 1 aromatic carbocycles. The van der Waals surface area contributed by atoms with Crippen LogP contribution in [-0.4, -0.2) is 55.8 Å². The van der Waals surface area contributed by atoms with Crippen molar-refractivity contribution in [3.8, 4) is 5.75 Å². The highest BCUT2D eigenvalue weighted by Crippen LogP contribution is 2.15. The van der Waals surface area contributed by atoms with Gasteiger partial charge >= 0.3 is 0 Å². The molecule has 0 radical (unpaired) electrons. The Morgan fingerprint density at radius 2 is 2.11 bits per heavy atom. The molecule has 0 aliphatic carbocycles. The minimum absolute atomic E-state index is 0.621. The fourth-order valence-electron chi connectivity index (χ4n) is 1.89. The fourth-order valence-corrected chi connectivity index (χ4v) is 1.89. The van der Waals surface area contributed by atoms with Crippen LogP contribution in [0.2, 0.25) is 0 Å². The van der Waals surface area contributed by atoms with Crippen molar-refractivity contribution in [2.75, 3.05) is 39.5 Å². The second-order valence-electron chi connectivity index (χ2n) is 4.08. The van der Waals surface area contributed by atoms with Gasteiger partial charge < -0.3 is 14.7 Å². The summed E-state index contributed by atoms with van der Waals surface area (Å²) < 4.78 is 11.0. The molecule has 0 spiro atoms. The van der Waals surface area contributed by atoms with E-state index < -0.39 is 0 Å². The van der Waals surface area contributed by atoms with E-state index in [1.807, 2.05) is 24.3 Å². The predicted molar refractivity (Wildman–Crippen MR) is 68.6 cm³/mol. The summed E-state index contributed by atoms with van der Waals surface area (Å²) in [7, 11) is 0. The van der Waals surface area contributed by atoms with Gasteiger partial charge in [-0.15, -0.1) is 0 Å². The summed E-state index contributed by atoms with van der Waals surface area (Å²) in [5.41, 5.74) is 0.780. The first-order chi connectivity index (χ1) is 8.90. The standard InChI is InChI=1S/C13H18N2O3/c16-14-11-12-3-1-2-4-13(12)18-10-7-15-5-8-17-9-6-15/h1-4,11,16H,5-10H2. The highest BCUT2D eigenvalue weighted by molar-refractivity contribution is 5.82. The van der Waals surface area contributed by atoms with Crippen LogP contribution in [0, 0.1) is 0 Å². The number of morpholine rings is 1. The normalized spacial score (nSPS) is 17.1. The monoisotopic (exact) mass is 250 g/mol. The van der Waals surface area contributed by atoms with Crippen molar-refractivity contribution in [3.63, 3.8) is 0 Å². The van der Waals surface area contributed by atoms with Gasteiger partial charge in [-0.05, 0) is 12.1 Å². The maximum Gasteiger partial charge on any atom is 0.128 e. The molecule has 5 heteroatoms. The van der Waals surface area contributed by atoms with E-state index in [1.54, 1.807) is 0 Å². The summed E-state index contributed by atoms with van der Waals surface area (Å²) in [6.07, 6.45) is 1.38. The lowest BCUT2D eigenvalue weighted by molar-refractivity contribution is 0.0322. The Bertz CT molecular complexity index is 390. The Morgan fingerprint density at radius 1 is 1.33 bits per heavy atom. The van der Waals surface area contributed by atoms with Gasteiger partial charge in [-0.1, -0.05) is 17.3 Å². The first-order valence-electron chi connectivity index (χ1n) is 6.09. The third kappa shape index (κ3) is 3.72. The lowest BCUT2D eigenvalue weighted by Crippen LogP contribution is -2.38. The molecule has 1 saturated heterocycles. The molecule has 0 atom stereocenters. The predicted octanol–water partition coefficient (Wildman–Crippen LogP) is 1.21. The number of rotatable bonds is 5. The van der Waals surface area contributed by atoms with Crippen molar-refractivity contribution >= 4 is 6.21 Å². The highest BCUT2D eigenvalue weighted by Gasteiger charge is 2.10. The van der Waals surface area contributed by atoms with Crippen LogP contribution < -0.4 is 4.74 Å². The van der Waals surface area contributed by atoms with E-state index in [1.165, 1.54) is 6.21 Å². The van der Waals surface area contributed by atoms with Crippen molar-refractivity contribution in [2.24, 2.45) is 5.16 Å². The van der Waals surface area contributed by atoms with Gasteiger partial charge in [-0.2, -0.15) is 0 Å². The maximum absolute atomic E-state index is 8.57. The molecule has 1 aliphatic heterocycles. The molecule has 0 aromatic heterocycles. The quantitative estimate of drug-likeness (QED) is 0.485. The molecule has 1 fully saturated rings. The zero-order valence-corrected chi connectivity index (χ0v) is 10.3. The van der Waals surface area contributed by atoms with E-state index in [4.69, 9.17) is 14.7 Å². The minimum Gasteiger partial charge on any atom is -0.492 e. The number of hydrogen-bond donors (Lipinski definition) is 1. The first kappa shape index (κ1) is 12.9. The fraction of sp³-hybridized carbons (Fsp3) is 0.462. The number of hydrogen-bond acceptors (Lipinski definition) is 5. The molecular weight excluding hydrogens is 232 g/mol. The van der Waals surface area contributed by atoms with Crippen molar-refractivity contribution in [2.45, 2.75) is 0 Å². The Kier molecular flexibility index (Phi) is 4.99. The van der Waals surface area contributed by atoms with Crippen molar-refractivity contribution < 1.29 is 14.7 Å². The van der Waals surface area contributed by atoms with Crippen LogP contribution >= 0.6 is 0 Å². The van der Waals surface area contributed by atoms with Gasteiger partial charge in [0, 0.05) is 25.2 Å². The van der Waals surface area contributed by atoms with Crippen molar-refractivity contribution in [1.29, 1.82) is 0 Å². The number of nitrogens with zero attached hydrogens (tertiary/aromatic N) is 2. The van der Waals surface area contributed by atoms with Crippen LogP contribution in [0.5, 0.6) is 5.75 Å². The van der Waals surface area contributed by atoms with Crippen LogP contribution in [0.15, 0.2) is 29.4 Å². The summed E-state index contributed by atoms with van der Waals surface area (Å²) >= 11 is 0. The van der Waals surface area contributed by atoms with E-state index in [-0.39, 0.29) is 0 Å². The Hall–Kier alpha value is -1.59. The van der Waals surface area contributed by atoms with E-state index >= 15 is 0 Å². The van der Waals surface area contributed by atoms with Crippen LogP contribution in [-0.2, 0) is 4.74 Å². The zero-order valence-electron chi connectivity index (χ0n) is 10.3. The number of ether oxygens (including phenoxy) is 2. The SMILES string of the molecule is ON=Cc1ccccc1OCCN1CCOCC1. The maximum atomic E-state index is 8.57. The molecular formula is C13H18N2O3. The van der Waals surface area contributed by atoms with E-state index in [0.717, 1.165) is 44.2 Å². The average molecular weight is 250 g/mol. The van der Waals surface area contributed by atoms with Crippen molar-refractivity contribution in [3.05, 3.63) is 29.8 Å². The minimum atomic E-state index is 0.621. The topological polar surface area (TPSA) is 54.3 Å². The van der Waals surface area contributed by atoms with E-state index in [2.05, 4.69) is 10.1 Å². The van der Waals surface area contributed by atoms with Crippen LogP contribution in [0.25, 0.3) is 0 Å². The largest absolute Gasteiger partial charge is 0.492 e. The second kappa shape index (κ2) is 6.98. The third-order valence-electron chi connectivity index (χ3n) is 2.88. The summed E-state index contributed by atoms with van der Waals surface area (Å²) in [5, 5.41) is 11.6. The Labute approximate surface area is 107 Å². The molecule has 18 heavy (non-hydrogen) atoms.